The molecule has 1 aliphatic rings. The van der Waals surface area contributed by atoms with Crippen LogP contribution < -0.4 is 10.6 Å². The van der Waals surface area contributed by atoms with Crippen molar-refractivity contribution in [1.29, 1.82) is 0 Å². The monoisotopic (exact) mass is 389 g/mol. The lowest BCUT2D eigenvalue weighted by Crippen LogP contribution is -2.49. The van der Waals surface area contributed by atoms with E-state index in [2.05, 4.69) is 10.6 Å². The summed E-state index contributed by atoms with van der Waals surface area (Å²) in [5.41, 5.74) is 0.455. The van der Waals surface area contributed by atoms with E-state index in [1.54, 1.807) is 32.9 Å². The van der Waals surface area contributed by atoms with Gasteiger partial charge in [-0.2, -0.15) is 0 Å². The summed E-state index contributed by atoms with van der Waals surface area (Å²) in [5.74, 6) is -3.46. The SMILES string of the molecule is CCNC(=O)CNC(=O)COC(=O)[C@@H](C(C)C)N1C(=O)c2ccccc2C1=O. The van der Waals surface area contributed by atoms with Crippen molar-refractivity contribution in [3.05, 3.63) is 35.4 Å². The molecule has 4 amide bonds. The van der Waals surface area contributed by atoms with Crippen molar-refractivity contribution >= 4 is 29.6 Å². The molecule has 0 saturated carbocycles. The number of carbonyl (C=O) groups excluding carboxylic acids is 5. The summed E-state index contributed by atoms with van der Waals surface area (Å²) >= 11 is 0. The molecule has 0 aliphatic carbocycles. The average Bonchev–Trinajstić information content (AvgIpc) is 2.90. The van der Waals surface area contributed by atoms with Gasteiger partial charge < -0.3 is 15.4 Å². The van der Waals surface area contributed by atoms with Gasteiger partial charge in [-0.05, 0) is 25.0 Å². The lowest BCUT2D eigenvalue weighted by Gasteiger charge is -2.27. The quantitative estimate of drug-likeness (QED) is 0.480. The van der Waals surface area contributed by atoms with Crippen LogP contribution in [-0.4, -0.2) is 60.2 Å². The fourth-order valence-electron chi connectivity index (χ4n) is 2.85. The normalized spacial score (nSPS) is 13.9. The molecule has 1 heterocycles. The molecule has 150 valence electrons. The molecule has 1 aromatic rings. The summed E-state index contributed by atoms with van der Waals surface area (Å²) in [6.07, 6.45) is 0. The van der Waals surface area contributed by atoms with Crippen LogP contribution in [0.3, 0.4) is 0 Å². The van der Waals surface area contributed by atoms with Crippen molar-refractivity contribution in [2.24, 2.45) is 5.92 Å². The van der Waals surface area contributed by atoms with E-state index in [0.29, 0.717) is 6.54 Å². The second-order valence-electron chi connectivity index (χ2n) is 6.55. The van der Waals surface area contributed by atoms with Gasteiger partial charge in [-0.3, -0.25) is 24.1 Å². The number of likely N-dealkylation sites (N-methyl/N-ethyl adjacent to an activating group) is 1. The van der Waals surface area contributed by atoms with E-state index in [4.69, 9.17) is 4.74 Å². The molecule has 9 nitrogen and oxygen atoms in total. The van der Waals surface area contributed by atoms with E-state index in [-0.39, 0.29) is 23.6 Å². The highest BCUT2D eigenvalue weighted by atomic mass is 16.5. The highest BCUT2D eigenvalue weighted by molar-refractivity contribution is 6.22. The third kappa shape index (κ3) is 4.54. The van der Waals surface area contributed by atoms with Gasteiger partial charge in [0.1, 0.15) is 6.04 Å². The number of benzene rings is 1. The molecule has 1 atom stereocenters. The van der Waals surface area contributed by atoms with Crippen LogP contribution in [0.25, 0.3) is 0 Å². The van der Waals surface area contributed by atoms with Gasteiger partial charge in [-0.25, -0.2) is 4.79 Å². The Morgan fingerprint density at radius 3 is 2.07 bits per heavy atom. The molecule has 0 fully saturated rings. The van der Waals surface area contributed by atoms with Gasteiger partial charge in [0.2, 0.25) is 5.91 Å². The van der Waals surface area contributed by atoms with E-state index in [1.165, 1.54) is 12.1 Å². The van der Waals surface area contributed by atoms with Crippen molar-refractivity contribution in [1.82, 2.24) is 15.5 Å². The molecule has 0 radical (unpaired) electrons. The number of carbonyl (C=O) groups is 5. The van der Waals surface area contributed by atoms with Gasteiger partial charge in [-0.15, -0.1) is 0 Å². The summed E-state index contributed by atoms with van der Waals surface area (Å²) in [6.45, 7) is 4.66. The molecule has 0 bridgehead atoms. The van der Waals surface area contributed by atoms with Crippen LogP contribution in [0.4, 0.5) is 0 Å². The van der Waals surface area contributed by atoms with Crippen molar-refractivity contribution in [2.75, 3.05) is 19.7 Å². The number of hydrogen-bond acceptors (Lipinski definition) is 6. The molecule has 0 unspecified atom stereocenters. The predicted octanol–water partition coefficient (Wildman–Crippen LogP) is 0.103. The number of amides is 4. The maximum Gasteiger partial charge on any atom is 0.330 e. The van der Waals surface area contributed by atoms with Crippen LogP contribution in [0.15, 0.2) is 24.3 Å². The van der Waals surface area contributed by atoms with Crippen molar-refractivity contribution in [2.45, 2.75) is 26.8 Å². The Labute approximate surface area is 162 Å². The Hall–Kier alpha value is -3.23. The molecular weight excluding hydrogens is 366 g/mol. The smallest absolute Gasteiger partial charge is 0.330 e. The molecule has 0 spiro atoms. The Balaban J connectivity index is 2.02. The number of rotatable bonds is 8. The minimum absolute atomic E-state index is 0.227. The van der Waals surface area contributed by atoms with Gasteiger partial charge in [0.05, 0.1) is 17.7 Å². The second kappa shape index (κ2) is 9.12. The van der Waals surface area contributed by atoms with E-state index in [1.807, 2.05) is 0 Å². The Morgan fingerprint density at radius 1 is 1.00 bits per heavy atom. The van der Waals surface area contributed by atoms with Crippen LogP contribution in [0.5, 0.6) is 0 Å². The maximum atomic E-state index is 12.6. The molecule has 9 heteroatoms. The highest BCUT2D eigenvalue weighted by Crippen LogP contribution is 2.27. The molecule has 0 aromatic heterocycles. The zero-order chi connectivity index (χ0) is 20.8. The minimum Gasteiger partial charge on any atom is -0.454 e. The van der Waals surface area contributed by atoms with Gasteiger partial charge in [0.15, 0.2) is 6.61 Å². The summed E-state index contributed by atoms with van der Waals surface area (Å²) in [7, 11) is 0. The summed E-state index contributed by atoms with van der Waals surface area (Å²) in [5, 5.41) is 4.83. The first-order valence-corrected chi connectivity index (χ1v) is 8.94. The van der Waals surface area contributed by atoms with E-state index in [9.17, 15) is 24.0 Å². The van der Waals surface area contributed by atoms with Gasteiger partial charge >= 0.3 is 5.97 Å². The zero-order valence-electron chi connectivity index (χ0n) is 16.0. The minimum atomic E-state index is -1.16. The largest absolute Gasteiger partial charge is 0.454 e. The van der Waals surface area contributed by atoms with Crippen LogP contribution in [0.1, 0.15) is 41.5 Å². The summed E-state index contributed by atoms with van der Waals surface area (Å²) < 4.78 is 5.00. The molecule has 1 aromatic carbocycles. The lowest BCUT2D eigenvalue weighted by atomic mass is 10.0. The van der Waals surface area contributed by atoms with Gasteiger partial charge in [-0.1, -0.05) is 26.0 Å². The first kappa shape index (κ1) is 21.1. The Morgan fingerprint density at radius 2 is 1.57 bits per heavy atom. The van der Waals surface area contributed by atoms with Crippen LogP contribution >= 0.6 is 0 Å². The summed E-state index contributed by atoms with van der Waals surface area (Å²) in [6, 6.07) is 5.15. The topological polar surface area (TPSA) is 122 Å². The number of nitrogens with zero attached hydrogens (tertiary/aromatic N) is 1. The standard InChI is InChI=1S/C19H23N3O6/c1-4-20-14(23)9-21-15(24)10-28-19(27)16(11(2)3)22-17(25)12-7-5-6-8-13(12)18(22)26/h5-8,11,16H,4,9-10H2,1-3H3,(H,20,23)(H,21,24)/t16-/m1/s1. The van der Waals surface area contributed by atoms with Gasteiger partial charge in [0, 0.05) is 6.54 Å². The van der Waals surface area contributed by atoms with Crippen LogP contribution in [0, 0.1) is 5.92 Å². The Kier molecular flexibility index (Phi) is 6.86. The molecular formula is C19H23N3O6. The van der Waals surface area contributed by atoms with E-state index in [0.717, 1.165) is 4.90 Å². The Bertz CT molecular complexity index is 770. The predicted molar refractivity (Wildman–Crippen MR) is 98.2 cm³/mol. The molecule has 28 heavy (non-hydrogen) atoms. The van der Waals surface area contributed by atoms with E-state index < -0.39 is 42.3 Å². The first-order valence-electron chi connectivity index (χ1n) is 8.94. The molecule has 2 rings (SSSR count). The second-order valence-corrected chi connectivity index (χ2v) is 6.55. The highest BCUT2D eigenvalue weighted by Gasteiger charge is 2.44. The fourth-order valence-corrected chi connectivity index (χ4v) is 2.85. The number of nitrogens with one attached hydrogen (secondary N) is 2. The number of fused-ring (bicyclic) bond motifs is 1. The van der Waals surface area contributed by atoms with Crippen molar-refractivity contribution in [3.8, 4) is 0 Å². The van der Waals surface area contributed by atoms with Crippen LogP contribution in [-0.2, 0) is 19.1 Å². The van der Waals surface area contributed by atoms with Crippen LogP contribution in [0.2, 0.25) is 0 Å². The summed E-state index contributed by atoms with van der Waals surface area (Å²) in [4.78, 5) is 61.7. The van der Waals surface area contributed by atoms with Crippen molar-refractivity contribution < 1.29 is 28.7 Å². The van der Waals surface area contributed by atoms with Crippen molar-refractivity contribution in [3.63, 3.8) is 0 Å². The van der Waals surface area contributed by atoms with Gasteiger partial charge in [0.25, 0.3) is 17.7 Å². The maximum absolute atomic E-state index is 12.6. The number of ether oxygens (including phenoxy) is 1. The van der Waals surface area contributed by atoms with E-state index >= 15 is 0 Å². The number of imide groups is 1. The molecule has 0 saturated heterocycles. The fraction of sp³-hybridized carbons (Fsp3) is 0.421. The number of esters is 1. The third-order valence-electron chi connectivity index (χ3n) is 4.14. The third-order valence-corrected chi connectivity index (χ3v) is 4.14. The average molecular weight is 389 g/mol. The zero-order valence-corrected chi connectivity index (χ0v) is 16.0. The lowest BCUT2D eigenvalue weighted by molar-refractivity contribution is -0.153. The molecule has 2 N–H and O–H groups in total. The number of hydrogen-bond donors (Lipinski definition) is 2. The molecule has 1 aliphatic heterocycles. The first-order chi connectivity index (χ1) is 13.3.